The predicted molar refractivity (Wildman–Crippen MR) is 46.5 cm³/mol. The Morgan fingerprint density at radius 1 is 1.45 bits per heavy atom. The summed E-state index contributed by atoms with van der Waals surface area (Å²) in [4.78, 5) is 8.22. The minimum atomic E-state index is 0.669. The Labute approximate surface area is 70.4 Å². The van der Waals surface area contributed by atoms with Crippen LogP contribution in [0.25, 0.3) is 0 Å². The molecule has 0 radical (unpaired) electrons. The van der Waals surface area contributed by atoms with Crippen molar-refractivity contribution in [3.05, 3.63) is 18.0 Å². The summed E-state index contributed by atoms with van der Waals surface area (Å²) in [6, 6.07) is 0. The number of nitrogens with zero attached hydrogens (tertiary/aromatic N) is 2. The highest BCUT2D eigenvalue weighted by molar-refractivity contribution is 7.99. The molecule has 0 aliphatic rings. The molecule has 60 valence electrons. The number of hydrogen-bond acceptors (Lipinski definition) is 4. The van der Waals surface area contributed by atoms with Gasteiger partial charge in [-0.15, -0.1) is 0 Å². The lowest BCUT2D eigenvalue weighted by Gasteiger charge is -1.96. The zero-order valence-corrected chi connectivity index (χ0v) is 7.27. The van der Waals surface area contributed by atoms with Crippen molar-refractivity contribution in [1.29, 1.82) is 0 Å². The highest BCUT2D eigenvalue weighted by Gasteiger charge is 1.93. The first kappa shape index (κ1) is 8.49. The molecular weight excluding hydrogens is 158 g/mol. The zero-order valence-electron chi connectivity index (χ0n) is 6.45. The summed E-state index contributed by atoms with van der Waals surface area (Å²) in [5.74, 6) is 0.878. The lowest BCUT2D eigenvalue weighted by atomic mass is 10.4. The quantitative estimate of drug-likeness (QED) is 0.538. The van der Waals surface area contributed by atoms with Crippen LogP contribution in [0.4, 0.5) is 0 Å². The SMILES string of the molecule is Cc1cnc(SCCN)nc1. The van der Waals surface area contributed by atoms with E-state index in [2.05, 4.69) is 9.97 Å². The molecule has 0 saturated carbocycles. The van der Waals surface area contributed by atoms with E-state index >= 15 is 0 Å². The van der Waals surface area contributed by atoms with Crippen molar-refractivity contribution in [3.63, 3.8) is 0 Å². The number of thioether (sulfide) groups is 1. The van der Waals surface area contributed by atoms with Gasteiger partial charge in [-0.25, -0.2) is 9.97 Å². The molecule has 0 aliphatic heterocycles. The van der Waals surface area contributed by atoms with E-state index in [9.17, 15) is 0 Å². The first-order valence-electron chi connectivity index (χ1n) is 3.44. The van der Waals surface area contributed by atoms with Crippen molar-refractivity contribution in [2.24, 2.45) is 5.73 Å². The summed E-state index contributed by atoms with van der Waals surface area (Å²) >= 11 is 1.58. The van der Waals surface area contributed by atoms with Gasteiger partial charge in [0.15, 0.2) is 5.16 Å². The highest BCUT2D eigenvalue weighted by atomic mass is 32.2. The van der Waals surface area contributed by atoms with Gasteiger partial charge in [-0.3, -0.25) is 0 Å². The smallest absolute Gasteiger partial charge is 0.187 e. The number of rotatable bonds is 3. The van der Waals surface area contributed by atoms with Crippen LogP contribution in [0.2, 0.25) is 0 Å². The molecule has 0 spiro atoms. The Balaban J connectivity index is 2.52. The summed E-state index contributed by atoms with van der Waals surface area (Å²) in [7, 11) is 0. The molecule has 0 unspecified atom stereocenters. The van der Waals surface area contributed by atoms with Crippen LogP contribution in [0.3, 0.4) is 0 Å². The van der Waals surface area contributed by atoms with E-state index in [0.717, 1.165) is 16.5 Å². The maximum atomic E-state index is 5.33. The van der Waals surface area contributed by atoms with Gasteiger partial charge in [-0.1, -0.05) is 11.8 Å². The van der Waals surface area contributed by atoms with Gasteiger partial charge >= 0.3 is 0 Å². The molecule has 0 aliphatic carbocycles. The van der Waals surface area contributed by atoms with Gasteiger partial charge in [0.25, 0.3) is 0 Å². The molecule has 0 saturated heterocycles. The Bertz CT molecular complexity index is 209. The predicted octanol–water partition coefficient (Wildman–Crippen LogP) is 0.836. The van der Waals surface area contributed by atoms with Crippen LogP contribution < -0.4 is 5.73 Å². The number of aryl methyl sites for hydroxylation is 1. The van der Waals surface area contributed by atoms with Crippen LogP contribution in [0.15, 0.2) is 17.6 Å². The van der Waals surface area contributed by atoms with Crippen molar-refractivity contribution in [2.75, 3.05) is 12.3 Å². The fourth-order valence-corrected chi connectivity index (χ4v) is 1.16. The molecular formula is C7H11N3S. The Kier molecular flexibility index (Phi) is 3.32. The van der Waals surface area contributed by atoms with E-state index in [1.165, 1.54) is 0 Å². The first-order valence-corrected chi connectivity index (χ1v) is 4.43. The second kappa shape index (κ2) is 4.31. The largest absolute Gasteiger partial charge is 0.330 e. The molecule has 2 N–H and O–H groups in total. The number of aromatic nitrogens is 2. The van der Waals surface area contributed by atoms with E-state index in [4.69, 9.17) is 5.73 Å². The van der Waals surface area contributed by atoms with E-state index in [0.29, 0.717) is 6.54 Å². The van der Waals surface area contributed by atoms with Gasteiger partial charge < -0.3 is 5.73 Å². The summed E-state index contributed by atoms with van der Waals surface area (Å²) in [6.07, 6.45) is 3.62. The average Bonchev–Trinajstić information content (AvgIpc) is 2.04. The minimum absolute atomic E-state index is 0.669. The van der Waals surface area contributed by atoms with Crippen LogP contribution in [-0.2, 0) is 0 Å². The molecule has 1 aromatic rings. The fourth-order valence-electron chi connectivity index (χ4n) is 0.605. The maximum Gasteiger partial charge on any atom is 0.187 e. The zero-order chi connectivity index (χ0) is 8.10. The van der Waals surface area contributed by atoms with Gasteiger partial charge in [-0.05, 0) is 12.5 Å². The van der Waals surface area contributed by atoms with Crippen molar-refractivity contribution < 1.29 is 0 Å². The topological polar surface area (TPSA) is 51.8 Å². The molecule has 0 bridgehead atoms. The molecule has 4 heteroatoms. The standard InChI is InChI=1S/C7H11N3S/c1-6-4-9-7(10-5-6)11-3-2-8/h4-5H,2-3,8H2,1H3. The second-order valence-corrected chi connectivity index (χ2v) is 3.24. The monoisotopic (exact) mass is 169 g/mol. The number of hydrogen-bond donors (Lipinski definition) is 1. The third kappa shape index (κ3) is 2.86. The van der Waals surface area contributed by atoms with Crippen molar-refractivity contribution in [2.45, 2.75) is 12.1 Å². The van der Waals surface area contributed by atoms with Crippen LogP contribution >= 0.6 is 11.8 Å². The summed E-state index contributed by atoms with van der Waals surface area (Å²) in [5, 5.41) is 0.807. The molecule has 1 aromatic heterocycles. The Morgan fingerprint density at radius 2 is 2.09 bits per heavy atom. The third-order valence-electron chi connectivity index (χ3n) is 1.11. The minimum Gasteiger partial charge on any atom is -0.330 e. The second-order valence-electron chi connectivity index (χ2n) is 2.18. The van der Waals surface area contributed by atoms with Gasteiger partial charge in [0.1, 0.15) is 0 Å². The molecule has 0 fully saturated rings. The first-order chi connectivity index (χ1) is 5.33. The van der Waals surface area contributed by atoms with Crippen LogP contribution in [-0.4, -0.2) is 22.3 Å². The van der Waals surface area contributed by atoms with Gasteiger partial charge in [0.05, 0.1) is 0 Å². The lowest BCUT2D eigenvalue weighted by Crippen LogP contribution is -2.01. The normalized spacial score (nSPS) is 10.0. The van der Waals surface area contributed by atoms with Gasteiger partial charge in [0, 0.05) is 24.7 Å². The molecule has 1 rings (SSSR count). The van der Waals surface area contributed by atoms with Gasteiger partial charge in [-0.2, -0.15) is 0 Å². The van der Waals surface area contributed by atoms with E-state index in [1.807, 2.05) is 19.3 Å². The van der Waals surface area contributed by atoms with Gasteiger partial charge in [0.2, 0.25) is 0 Å². The molecule has 11 heavy (non-hydrogen) atoms. The average molecular weight is 169 g/mol. The fraction of sp³-hybridized carbons (Fsp3) is 0.429. The molecule has 3 nitrogen and oxygen atoms in total. The van der Waals surface area contributed by atoms with Crippen LogP contribution in [0.1, 0.15) is 5.56 Å². The summed E-state index contributed by atoms with van der Waals surface area (Å²) in [5.41, 5.74) is 6.42. The molecule has 1 heterocycles. The van der Waals surface area contributed by atoms with Crippen molar-refractivity contribution >= 4 is 11.8 Å². The van der Waals surface area contributed by atoms with Crippen LogP contribution in [0, 0.1) is 6.92 Å². The van der Waals surface area contributed by atoms with E-state index in [-0.39, 0.29) is 0 Å². The Hall–Kier alpha value is -0.610. The van der Waals surface area contributed by atoms with Crippen LogP contribution in [0.5, 0.6) is 0 Å². The summed E-state index contributed by atoms with van der Waals surface area (Å²) in [6.45, 7) is 2.64. The highest BCUT2D eigenvalue weighted by Crippen LogP contribution is 2.09. The third-order valence-corrected chi connectivity index (χ3v) is 2.02. The molecule has 0 amide bonds. The van der Waals surface area contributed by atoms with E-state index < -0.39 is 0 Å². The van der Waals surface area contributed by atoms with Crippen molar-refractivity contribution in [3.8, 4) is 0 Å². The Morgan fingerprint density at radius 3 is 2.64 bits per heavy atom. The molecule has 0 aromatic carbocycles. The maximum absolute atomic E-state index is 5.33. The van der Waals surface area contributed by atoms with E-state index in [1.54, 1.807) is 11.8 Å². The van der Waals surface area contributed by atoms with Crippen molar-refractivity contribution in [1.82, 2.24) is 9.97 Å². The lowest BCUT2D eigenvalue weighted by molar-refractivity contribution is 0.948. The number of nitrogens with two attached hydrogens (primary N) is 1. The molecule has 0 atom stereocenters. The summed E-state index contributed by atoms with van der Waals surface area (Å²) < 4.78 is 0.